The van der Waals surface area contributed by atoms with Crippen molar-refractivity contribution in [3.05, 3.63) is 113 Å². The summed E-state index contributed by atoms with van der Waals surface area (Å²) in [4.78, 5) is 23.9. The van der Waals surface area contributed by atoms with Gasteiger partial charge in [0.25, 0.3) is 5.91 Å². The van der Waals surface area contributed by atoms with Crippen molar-refractivity contribution < 1.29 is 4.79 Å². The number of nitrogens with zero attached hydrogens (tertiary/aromatic N) is 3. The number of amides is 1. The van der Waals surface area contributed by atoms with Gasteiger partial charge in [0.05, 0.1) is 30.1 Å². The van der Waals surface area contributed by atoms with E-state index in [1.165, 1.54) is 0 Å². The van der Waals surface area contributed by atoms with Gasteiger partial charge in [0.15, 0.2) is 0 Å². The van der Waals surface area contributed by atoms with Gasteiger partial charge < -0.3 is 15.2 Å². The van der Waals surface area contributed by atoms with Gasteiger partial charge >= 0.3 is 0 Å². The Balaban J connectivity index is 1.39. The summed E-state index contributed by atoms with van der Waals surface area (Å²) in [5.74, 6) is 0.868. The molecule has 6 nitrogen and oxygen atoms in total. The molecule has 2 N–H and O–H groups in total. The summed E-state index contributed by atoms with van der Waals surface area (Å²) in [6.07, 6.45) is 3.39. The summed E-state index contributed by atoms with van der Waals surface area (Å²) in [6.45, 7) is 2.15. The molecule has 0 bridgehead atoms. The smallest absolute Gasteiger partial charge is 0.255 e. The summed E-state index contributed by atoms with van der Waals surface area (Å²) < 4.78 is 0. The molecule has 174 valence electrons. The van der Waals surface area contributed by atoms with Crippen LogP contribution in [0.15, 0.2) is 85.1 Å². The lowest BCUT2D eigenvalue weighted by atomic mass is 9.98. The number of aromatic nitrogens is 2. The first kappa shape index (κ1) is 22.6. The largest absolute Gasteiger partial charge is 0.344 e. The van der Waals surface area contributed by atoms with Gasteiger partial charge in [0, 0.05) is 24.6 Å². The van der Waals surface area contributed by atoms with Crippen LogP contribution < -0.4 is 5.32 Å². The van der Waals surface area contributed by atoms with Gasteiger partial charge in [-0.25, -0.2) is 4.98 Å². The predicted molar refractivity (Wildman–Crippen MR) is 136 cm³/mol. The fourth-order valence-corrected chi connectivity index (χ4v) is 4.62. The highest BCUT2D eigenvalue weighted by atomic mass is 16.2. The van der Waals surface area contributed by atoms with Crippen LogP contribution in [0.4, 0.5) is 0 Å². The van der Waals surface area contributed by atoms with Crippen LogP contribution in [0.5, 0.6) is 0 Å². The first-order valence-electron chi connectivity index (χ1n) is 11.9. The molecule has 1 unspecified atom stereocenters. The van der Waals surface area contributed by atoms with Crippen molar-refractivity contribution in [3.63, 3.8) is 0 Å². The number of carbonyl (C=O) groups is 1. The molecule has 0 saturated carbocycles. The van der Waals surface area contributed by atoms with Crippen molar-refractivity contribution in [1.29, 1.82) is 5.26 Å². The first-order chi connectivity index (χ1) is 17.2. The normalized spacial score (nSPS) is 15.0. The Labute approximate surface area is 205 Å². The van der Waals surface area contributed by atoms with E-state index in [1.54, 1.807) is 0 Å². The molecule has 1 saturated heterocycles. The number of rotatable bonds is 7. The second-order valence-electron chi connectivity index (χ2n) is 8.83. The number of hydrogen-bond acceptors (Lipinski definition) is 4. The number of nitriles is 1. The van der Waals surface area contributed by atoms with Crippen molar-refractivity contribution in [2.45, 2.75) is 25.4 Å². The maximum Gasteiger partial charge on any atom is 0.255 e. The minimum atomic E-state index is 0.0291. The molecule has 0 spiro atoms. The SMILES string of the molecule is N#Cc1ccc(Cc2ncc(CN(C(=O)c3ccccc3-c3ccccc3)C3CCNC3)[nH]2)cc1. The molecule has 1 atom stereocenters. The molecule has 1 aliphatic rings. The maximum absolute atomic E-state index is 13.9. The summed E-state index contributed by atoms with van der Waals surface area (Å²) in [5, 5.41) is 12.4. The second-order valence-corrected chi connectivity index (χ2v) is 8.83. The molecule has 0 aliphatic carbocycles. The van der Waals surface area contributed by atoms with Crippen LogP contribution in [-0.4, -0.2) is 39.9 Å². The summed E-state index contributed by atoms with van der Waals surface area (Å²) in [6, 6.07) is 27.7. The molecular formula is C29H27N5O. The highest BCUT2D eigenvalue weighted by Gasteiger charge is 2.29. The lowest BCUT2D eigenvalue weighted by Crippen LogP contribution is -2.41. The Morgan fingerprint density at radius 1 is 1.03 bits per heavy atom. The third kappa shape index (κ3) is 5.16. The molecule has 1 fully saturated rings. The Kier molecular flexibility index (Phi) is 6.69. The molecule has 0 radical (unpaired) electrons. The molecule has 1 amide bonds. The van der Waals surface area contributed by atoms with E-state index in [-0.39, 0.29) is 11.9 Å². The van der Waals surface area contributed by atoms with E-state index in [9.17, 15) is 4.79 Å². The summed E-state index contributed by atoms with van der Waals surface area (Å²) >= 11 is 0. The zero-order valence-electron chi connectivity index (χ0n) is 19.4. The summed E-state index contributed by atoms with van der Waals surface area (Å²) in [7, 11) is 0. The Morgan fingerprint density at radius 3 is 2.54 bits per heavy atom. The number of nitrogens with one attached hydrogen (secondary N) is 2. The lowest BCUT2D eigenvalue weighted by molar-refractivity contribution is 0.0674. The quantitative estimate of drug-likeness (QED) is 0.423. The number of benzene rings is 3. The van der Waals surface area contributed by atoms with Crippen molar-refractivity contribution in [2.75, 3.05) is 13.1 Å². The van der Waals surface area contributed by atoms with Gasteiger partial charge in [-0.15, -0.1) is 0 Å². The van der Waals surface area contributed by atoms with Crippen molar-refractivity contribution >= 4 is 5.91 Å². The minimum Gasteiger partial charge on any atom is -0.344 e. The first-order valence-corrected chi connectivity index (χ1v) is 11.9. The second kappa shape index (κ2) is 10.4. The van der Waals surface area contributed by atoms with Crippen LogP contribution in [0.2, 0.25) is 0 Å². The predicted octanol–water partition coefficient (Wildman–Crippen LogP) is 4.54. The van der Waals surface area contributed by atoms with Crippen molar-refractivity contribution in [2.24, 2.45) is 0 Å². The van der Waals surface area contributed by atoms with E-state index >= 15 is 0 Å². The van der Waals surface area contributed by atoms with Crippen LogP contribution in [0.25, 0.3) is 11.1 Å². The molecule has 35 heavy (non-hydrogen) atoms. The number of imidazole rings is 1. The molecular weight excluding hydrogens is 434 g/mol. The van der Waals surface area contributed by atoms with E-state index in [0.29, 0.717) is 24.1 Å². The molecule has 3 aromatic carbocycles. The molecule has 6 heteroatoms. The number of carbonyl (C=O) groups excluding carboxylic acids is 1. The number of hydrogen-bond donors (Lipinski definition) is 2. The molecule has 1 aromatic heterocycles. The van der Waals surface area contributed by atoms with Gasteiger partial charge in [-0.3, -0.25) is 4.79 Å². The fourth-order valence-electron chi connectivity index (χ4n) is 4.62. The van der Waals surface area contributed by atoms with E-state index in [4.69, 9.17) is 5.26 Å². The molecule has 4 aromatic rings. The molecule has 1 aliphatic heterocycles. The minimum absolute atomic E-state index is 0.0291. The third-order valence-electron chi connectivity index (χ3n) is 6.45. The lowest BCUT2D eigenvalue weighted by Gasteiger charge is -2.29. The van der Waals surface area contributed by atoms with E-state index in [1.807, 2.05) is 90.0 Å². The zero-order chi connectivity index (χ0) is 24.0. The summed E-state index contributed by atoms with van der Waals surface area (Å²) in [5.41, 5.74) is 5.32. The van der Waals surface area contributed by atoms with Gasteiger partial charge in [0.2, 0.25) is 0 Å². The van der Waals surface area contributed by atoms with E-state index < -0.39 is 0 Å². The van der Waals surface area contributed by atoms with Crippen LogP contribution in [0.3, 0.4) is 0 Å². The fraction of sp³-hybridized carbons (Fsp3) is 0.207. The average Bonchev–Trinajstić information content (AvgIpc) is 3.60. The Hall–Kier alpha value is -4.21. The van der Waals surface area contributed by atoms with Gasteiger partial charge in [-0.05, 0) is 47.9 Å². The van der Waals surface area contributed by atoms with Gasteiger partial charge in [0.1, 0.15) is 5.82 Å². The third-order valence-corrected chi connectivity index (χ3v) is 6.45. The molecule has 2 heterocycles. The number of H-pyrrole nitrogens is 1. The highest BCUT2D eigenvalue weighted by molar-refractivity contribution is 6.01. The maximum atomic E-state index is 13.9. The highest BCUT2D eigenvalue weighted by Crippen LogP contribution is 2.26. The van der Waals surface area contributed by atoms with Crippen LogP contribution in [0, 0.1) is 11.3 Å². The number of aromatic amines is 1. The van der Waals surface area contributed by atoms with Gasteiger partial charge in [-0.1, -0.05) is 60.7 Å². The Bertz CT molecular complexity index is 1330. The van der Waals surface area contributed by atoms with Crippen LogP contribution in [-0.2, 0) is 13.0 Å². The standard InChI is InChI=1S/C29H27N5O/c30-17-22-12-10-21(11-13-22)16-28-32-18-24(33-28)20-34(25-14-15-31-19-25)29(35)27-9-5-4-8-26(27)23-6-2-1-3-7-23/h1-13,18,25,31H,14-16,19-20H2,(H,32,33). The average molecular weight is 462 g/mol. The zero-order valence-corrected chi connectivity index (χ0v) is 19.4. The monoisotopic (exact) mass is 461 g/mol. The van der Waals surface area contributed by atoms with Crippen LogP contribution in [0.1, 0.15) is 39.4 Å². The van der Waals surface area contributed by atoms with Gasteiger partial charge in [-0.2, -0.15) is 5.26 Å². The van der Waals surface area contributed by atoms with E-state index in [2.05, 4.69) is 21.4 Å². The van der Waals surface area contributed by atoms with E-state index in [0.717, 1.165) is 47.7 Å². The Morgan fingerprint density at radius 2 is 1.80 bits per heavy atom. The van der Waals surface area contributed by atoms with Crippen molar-refractivity contribution in [1.82, 2.24) is 20.2 Å². The van der Waals surface area contributed by atoms with Crippen molar-refractivity contribution in [3.8, 4) is 17.2 Å². The topological polar surface area (TPSA) is 84.8 Å². The molecule has 5 rings (SSSR count). The van der Waals surface area contributed by atoms with Crippen LogP contribution >= 0.6 is 0 Å².